The lowest BCUT2D eigenvalue weighted by Gasteiger charge is -2.39. The molecule has 1 aliphatic rings. The zero-order chi connectivity index (χ0) is 19.1. The Morgan fingerprint density at radius 3 is 2.38 bits per heavy atom. The summed E-state index contributed by atoms with van der Waals surface area (Å²) in [6.45, 7) is 17.9. The minimum absolute atomic E-state index is 0. The first-order valence-corrected chi connectivity index (χ1v) is 10.9. The molecule has 0 radical (unpaired) electrons. The average molecular weight is 502 g/mol. The monoisotopic (exact) mass is 501 g/mol. The molecule has 1 aliphatic heterocycles. The van der Waals surface area contributed by atoms with E-state index >= 15 is 0 Å². The van der Waals surface area contributed by atoms with E-state index in [9.17, 15) is 4.21 Å². The van der Waals surface area contributed by atoms with Crippen molar-refractivity contribution in [3.8, 4) is 0 Å². The normalized spacial score (nSPS) is 23.1. The molecule has 0 aliphatic carbocycles. The molecular formula is C19H40IN3O2S. The number of hydrogen-bond acceptors (Lipinski definition) is 3. The summed E-state index contributed by atoms with van der Waals surface area (Å²) in [6.07, 6.45) is 2.53. The largest absolute Gasteiger partial charge is 0.377 e. The fourth-order valence-corrected chi connectivity index (χ4v) is 4.01. The van der Waals surface area contributed by atoms with Gasteiger partial charge in [-0.3, -0.25) is 9.20 Å². The van der Waals surface area contributed by atoms with Gasteiger partial charge in [0.15, 0.2) is 5.96 Å². The molecule has 26 heavy (non-hydrogen) atoms. The quantitative estimate of drug-likeness (QED) is 0.332. The molecule has 0 aromatic carbocycles. The smallest absolute Gasteiger partial charge is 0.191 e. The molecule has 1 rings (SSSR count). The van der Waals surface area contributed by atoms with Gasteiger partial charge >= 0.3 is 0 Å². The second-order valence-electron chi connectivity index (χ2n) is 8.87. The first kappa shape index (κ1) is 26.1. The third-order valence-corrected chi connectivity index (χ3v) is 6.33. The van der Waals surface area contributed by atoms with Gasteiger partial charge in [-0.1, -0.05) is 20.8 Å². The van der Waals surface area contributed by atoms with Crippen LogP contribution in [-0.2, 0) is 15.5 Å². The van der Waals surface area contributed by atoms with Crippen LogP contribution >= 0.6 is 24.0 Å². The molecule has 0 aromatic rings. The van der Waals surface area contributed by atoms with E-state index in [0.717, 1.165) is 32.1 Å². The average Bonchev–Trinajstić information content (AvgIpc) is 2.51. The summed E-state index contributed by atoms with van der Waals surface area (Å²) < 4.78 is 18.0. The van der Waals surface area contributed by atoms with Crippen molar-refractivity contribution < 1.29 is 8.95 Å². The van der Waals surface area contributed by atoms with Crippen molar-refractivity contribution in [2.24, 2.45) is 16.3 Å². The SMILES string of the molecule is CCNC(=NCC1CCCOC1C(C)(C)C)NCCS(=O)C(C)(C)C.I. The van der Waals surface area contributed by atoms with Crippen LogP contribution in [0.15, 0.2) is 4.99 Å². The maximum atomic E-state index is 12.2. The van der Waals surface area contributed by atoms with E-state index in [1.165, 1.54) is 6.42 Å². The van der Waals surface area contributed by atoms with Crippen molar-refractivity contribution in [3.63, 3.8) is 0 Å². The van der Waals surface area contributed by atoms with E-state index in [4.69, 9.17) is 9.73 Å². The van der Waals surface area contributed by atoms with Gasteiger partial charge in [-0.25, -0.2) is 0 Å². The topological polar surface area (TPSA) is 62.7 Å². The molecule has 0 spiro atoms. The van der Waals surface area contributed by atoms with Gasteiger partial charge in [0.25, 0.3) is 0 Å². The first-order valence-electron chi connectivity index (χ1n) is 9.58. The van der Waals surface area contributed by atoms with Gasteiger partial charge in [0.1, 0.15) is 0 Å². The maximum absolute atomic E-state index is 12.2. The number of halogens is 1. The van der Waals surface area contributed by atoms with Gasteiger partial charge in [-0.05, 0) is 46.0 Å². The molecule has 3 atom stereocenters. The summed E-state index contributed by atoms with van der Waals surface area (Å²) in [5.74, 6) is 1.89. The first-order chi connectivity index (χ1) is 11.6. The minimum Gasteiger partial charge on any atom is -0.377 e. The lowest BCUT2D eigenvalue weighted by Crippen LogP contribution is -2.43. The molecule has 3 unspecified atom stereocenters. The van der Waals surface area contributed by atoms with Crippen molar-refractivity contribution >= 4 is 40.7 Å². The van der Waals surface area contributed by atoms with Crippen LogP contribution in [0.4, 0.5) is 0 Å². The maximum Gasteiger partial charge on any atom is 0.191 e. The molecule has 5 nitrogen and oxygen atoms in total. The molecule has 2 N–H and O–H groups in total. The van der Waals surface area contributed by atoms with Crippen LogP contribution in [0, 0.1) is 11.3 Å². The summed E-state index contributed by atoms with van der Waals surface area (Å²) in [5, 5.41) is 6.61. The highest BCUT2D eigenvalue weighted by Crippen LogP contribution is 2.34. The van der Waals surface area contributed by atoms with Crippen LogP contribution in [0.1, 0.15) is 61.3 Å². The van der Waals surface area contributed by atoms with Gasteiger partial charge in [0.2, 0.25) is 0 Å². The molecule has 156 valence electrons. The zero-order valence-corrected chi connectivity index (χ0v) is 20.8. The highest BCUT2D eigenvalue weighted by molar-refractivity contribution is 14.0. The Bertz CT molecular complexity index is 459. The number of rotatable bonds is 6. The molecule has 0 amide bonds. The second kappa shape index (κ2) is 11.8. The fraction of sp³-hybridized carbons (Fsp3) is 0.947. The van der Waals surface area contributed by atoms with Crippen molar-refractivity contribution in [1.29, 1.82) is 0 Å². The Kier molecular flexibility index (Phi) is 11.9. The van der Waals surface area contributed by atoms with E-state index < -0.39 is 10.8 Å². The van der Waals surface area contributed by atoms with Crippen LogP contribution in [0.3, 0.4) is 0 Å². The van der Waals surface area contributed by atoms with Crippen LogP contribution < -0.4 is 10.6 Å². The molecular weight excluding hydrogens is 461 g/mol. The lowest BCUT2D eigenvalue weighted by molar-refractivity contribution is -0.0823. The van der Waals surface area contributed by atoms with E-state index in [0.29, 0.717) is 18.2 Å². The van der Waals surface area contributed by atoms with Gasteiger partial charge in [0, 0.05) is 53.5 Å². The van der Waals surface area contributed by atoms with Crippen LogP contribution in [0.2, 0.25) is 0 Å². The molecule has 1 saturated heterocycles. The summed E-state index contributed by atoms with van der Waals surface area (Å²) in [5.41, 5.74) is 0.135. The number of guanidine groups is 1. The number of nitrogens with zero attached hydrogens (tertiary/aromatic N) is 1. The molecule has 0 saturated carbocycles. The standard InChI is InChI=1S/C19H39N3O2S.HI/c1-8-20-17(21-11-13-25(23)19(5,6)7)22-14-15-10-9-12-24-16(15)18(2,3)4;/h15-16H,8-14H2,1-7H3,(H2,20,21,22);1H. The van der Waals surface area contributed by atoms with Gasteiger partial charge < -0.3 is 15.4 Å². The van der Waals surface area contributed by atoms with Gasteiger partial charge in [-0.15, -0.1) is 24.0 Å². The van der Waals surface area contributed by atoms with Crippen LogP contribution in [0.25, 0.3) is 0 Å². The molecule has 7 heteroatoms. The molecule has 1 fully saturated rings. The lowest BCUT2D eigenvalue weighted by atomic mass is 9.78. The third-order valence-electron chi connectivity index (χ3n) is 4.39. The summed E-state index contributed by atoms with van der Waals surface area (Å²) >= 11 is 0. The molecule has 1 heterocycles. The van der Waals surface area contributed by atoms with Crippen molar-refractivity contribution in [2.45, 2.75) is 72.2 Å². The van der Waals surface area contributed by atoms with Gasteiger partial charge in [0.05, 0.1) is 6.10 Å². The Morgan fingerprint density at radius 1 is 1.19 bits per heavy atom. The van der Waals surface area contributed by atoms with E-state index in [2.05, 4.69) is 38.3 Å². The highest BCUT2D eigenvalue weighted by Gasteiger charge is 2.35. The predicted molar refractivity (Wildman–Crippen MR) is 124 cm³/mol. The summed E-state index contributed by atoms with van der Waals surface area (Å²) in [4.78, 5) is 4.78. The van der Waals surface area contributed by atoms with Crippen molar-refractivity contribution in [3.05, 3.63) is 0 Å². The summed E-state index contributed by atoms with van der Waals surface area (Å²) in [6, 6.07) is 0. The minimum atomic E-state index is -0.849. The van der Waals surface area contributed by atoms with E-state index in [1.54, 1.807) is 0 Å². The summed E-state index contributed by atoms with van der Waals surface area (Å²) in [7, 11) is -0.849. The Balaban J connectivity index is 0.00000625. The Labute approximate surface area is 180 Å². The van der Waals surface area contributed by atoms with Crippen LogP contribution in [0.5, 0.6) is 0 Å². The van der Waals surface area contributed by atoms with Crippen molar-refractivity contribution in [2.75, 3.05) is 32.0 Å². The van der Waals surface area contributed by atoms with Gasteiger partial charge in [-0.2, -0.15) is 0 Å². The van der Waals surface area contributed by atoms with E-state index in [-0.39, 0.29) is 40.2 Å². The highest BCUT2D eigenvalue weighted by atomic mass is 127. The molecule has 0 bridgehead atoms. The fourth-order valence-electron chi connectivity index (χ4n) is 3.11. The van der Waals surface area contributed by atoms with E-state index in [1.807, 2.05) is 20.8 Å². The zero-order valence-electron chi connectivity index (χ0n) is 17.7. The predicted octanol–water partition coefficient (Wildman–Crippen LogP) is 3.55. The number of hydrogen-bond donors (Lipinski definition) is 2. The molecule has 0 aromatic heterocycles. The Morgan fingerprint density at radius 2 is 1.85 bits per heavy atom. The second-order valence-corrected chi connectivity index (χ2v) is 11.2. The number of ether oxygens (including phenoxy) is 1. The number of aliphatic imine (C=N–C) groups is 1. The van der Waals surface area contributed by atoms with Crippen molar-refractivity contribution in [1.82, 2.24) is 10.6 Å². The Hall–Kier alpha value is 0.110. The third kappa shape index (κ3) is 9.35. The van der Waals surface area contributed by atoms with Crippen LogP contribution in [-0.4, -0.2) is 53.0 Å². The number of nitrogens with one attached hydrogen (secondary N) is 2.